The summed E-state index contributed by atoms with van der Waals surface area (Å²) in [5, 5.41) is 0.553. The van der Waals surface area contributed by atoms with E-state index >= 15 is 0 Å². The molecule has 19 heavy (non-hydrogen) atoms. The molecular formula is C16H22ClNO. The Balaban J connectivity index is 2.10. The van der Waals surface area contributed by atoms with E-state index < -0.39 is 0 Å². The lowest BCUT2D eigenvalue weighted by molar-refractivity contribution is 0.112. The van der Waals surface area contributed by atoms with E-state index in [0.29, 0.717) is 10.6 Å². The summed E-state index contributed by atoms with van der Waals surface area (Å²) in [7, 11) is 0. The Bertz CT molecular complexity index is 444. The number of aldehydes is 1. The highest BCUT2D eigenvalue weighted by molar-refractivity contribution is 6.33. The fraction of sp³-hybridized carbons (Fsp3) is 0.562. The van der Waals surface area contributed by atoms with Gasteiger partial charge in [0.15, 0.2) is 6.29 Å². The van der Waals surface area contributed by atoms with Crippen molar-refractivity contribution < 1.29 is 4.79 Å². The molecule has 0 amide bonds. The van der Waals surface area contributed by atoms with Crippen LogP contribution in [-0.2, 0) is 0 Å². The fourth-order valence-electron chi connectivity index (χ4n) is 2.86. The molecule has 1 aliphatic rings. The first-order valence-corrected chi connectivity index (χ1v) is 7.49. The standard InChI is InChI=1S/C16H22ClNO/c1-12(2)13-4-3-8-18(9-7-13)15-6-5-14(11-19)16(17)10-15/h5-6,10-13H,3-4,7-9H2,1-2H3. The minimum absolute atomic E-state index is 0.553. The predicted molar refractivity (Wildman–Crippen MR) is 81.2 cm³/mol. The number of hydrogen-bond acceptors (Lipinski definition) is 2. The molecule has 0 radical (unpaired) electrons. The summed E-state index contributed by atoms with van der Waals surface area (Å²) in [4.78, 5) is 13.2. The van der Waals surface area contributed by atoms with E-state index in [4.69, 9.17) is 11.6 Å². The second-order valence-electron chi connectivity index (χ2n) is 5.75. The first kappa shape index (κ1) is 14.4. The molecule has 0 aliphatic carbocycles. The highest BCUT2D eigenvalue weighted by atomic mass is 35.5. The van der Waals surface area contributed by atoms with Crippen molar-refractivity contribution in [1.29, 1.82) is 0 Å². The summed E-state index contributed by atoms with van der Waals surface area (Å²) in [5.41, 5.74) is 1.71. The van der Waals surface area contributed by atoms with Crippen LogP contribution in [0.4, 0.5) is 5.69 Å². The maximum atomic E-state index is 10.8. The second kappa shape index (κ2) is 6.42. The molecule has 0 saturated carbocycles. The van der Waals surface area contributed by atoms with Crippen LogP contribution >= 0.6 is 11.6 Å². The van der Waals surface area contributed by atoms with Crippen LogP contribution in [0, 0.1) is 11.8 Å². The zero-order chi connectivity index (χ0) is 13.8. The normalized spacial score (nSPS) is 20.4. The molecule has 3 heteroatoms. The number of hydrogen-bond donors (Lipinski definition) is 0. The highest BCUT2D eigenvalue weighted by Gasteiger charge is 2.19. The predicted octanol–water partition coefficient (Wildman–Crippen LogP) is 4.42. The fourth-order valence-corrected chi connectivity index (χ4v) is 3.07. The van der Waals surface area contributed by atoms with Crippen LogP contribution in [-0.4, -0.2) is 19.4 Å². The Hall–Kier alpha value is -1.02. The van der Waals surface area contributed by atoms with Crippen molar-refractivity contribution in [2.24, 2.45) is 11.8 Å². The minimum atomic E-state index is 0.553. The topological polar surface area (TPSA) is 20.3 Å². The number of carbonyl (C=O) groups excluding carboxylic acids is 1. The number of carbonyl (C=O) groups is 1. The summed E-state index contributed by atoms with van der Waals surface area (Å²) in [6.07, 6.45) is 4.60. The van der Waals surface area contributed by atoms with E-state index in [-0.39, 0.29) is 0 Å². The minimum Gasteiger partial charge on any atom is -0.371 e. The van der Waals surface area contributed by atoms with Gasteiger partial charge in [0, 0.05) is 24.3 Å². The Morgan fingerprint density at radius 1 is 1.32 bits per heavy atom. The molecule has 1 saturated heterocycles. The van der Waals surface area contributed by atoms with Gasteiger partial charge in [-0.1, -0.05) is 25.4 Å². The van der Waals surface area contributed by atoms with Crippen molar-refractivity contribution in [3.05, 3.63) is 28.8 Å². The van der Waals surface area contributed by atoms with Gasteiger partial charge in [-0.2, -0.15) is 0 Å². The van der Waals surface area contributed by atoms with Crippen molar-refractivity contribution >= 4 is 23.6 Å². The smallest absolute Gasteiger partial charge is 0.151 e. The molecule has 0 spiro atoms. The Morgan fingerprint density at radius 3 is 2.74 bits per heavy atom. The number of anilines is 1. The average Bonchev–Trinajstić information content (AvgIpc) is 2.64. The highest BCUT2D eigenvalue weighted by Crippen LogP contribution is 2.29. The molecule has 104 valence electrons. The first-order valence-electron chi connectivity index (χ1n) is 7.11. The van der Waals surface area contributed by atoms with Crippen molar-refractivity contribution in [2.75, 3.05) is 18.0 Å². The Labute approximate surface area is 120 Å². The quantitative estimate of drug-likeness (QED) is 0.764. The Kier molecular flexibility index (Phi) is 4.87. The van der Waals surface area contributed by atoms with Gasteiger partial charge < -0.3 is 4.90 Å². The summed E-state index contributed by atoms with van der Waals surface area (Å²) < 4.78 is 0. The second-order valence-corrected chi connectivity index (χ2v) is 6.15. The summed E-state index contributed by atoms with van der Waals surface area (Å²) in [6, 6.07) is 5.74. The van der Waals surface area contributed by atoms with Gasteiger partial charge in [-0.3, -0.25) is 4.79 Å². The zero-order valence-electron chi connectivity index (χ0n) is 11.7. The van der Waals surface area contributed by atoms with Gasteiger partial charge in [-0.25, -0.2) is 0 Å². The number of benzene rings is 1. The van der Waals surface area contributed by atoms with E-state index in [1.54, 1.807) is 0 Å². The van der Waals surface area contributed by atoms with Crippen molar-refractivity contribution in [2.45, 2.75) is 33.1 Å². The van der Waals surface area contributed by atoms with Crippen LogP contribution < -0.4 is 4.90 Å². The molecule has 0 bridgehead atoms. The van der Waals surface area contributed by atoms with E-state index in [2.05, 4.69) is 18.7 Å². The molecule has 1 aliphatic heterocycles. The van der Waals surface area contributed by atoms with Crippen LogP contribution in [0.25, 0.3) is 0 Å². The summed E-state index contributed by atoms with van der Waals surface area (Å²) >= 11 is 6.11. The van der Waals surface area contributed by atoms with E-state index in [0.717, 1.165) is 36.9 Å². The lowest BCUT2D eigenvalue weighted by Gasteiger charge is -2.24. The third-order valence-electron chi connectivity index (χ3n) is 4.19. The molecule has 2 nitrogen and oxygen atoms in total. The van der Waals surface area contributed by atoms with Crippen LogP contribution in [0.1, 0.15) is 43.5 Å². The molecule has 1 unspecified atom stereocenters. The molecular weight excluding hydrogens is 258 g/mol. The molecule has 0 N–H and O–H groups in total. The van der Waals surface area contributed by atoms with Gasteiger partial charge in [0.25, 0.3) is 0 Å². The van der Waals surface area contributed by atoms with Crippen LogP contribution in [0.3, 0.4) is 0 Å². The number of halogens is 1. The van der Waals surface area contributed by atoms with Gasteiger partial charge in [0.1, 0.15) is 0 Å². The van der Waals surface area contributed by atoms with Gasteiger partial charge in [-0.15, -0.1) is 0 Å². The first-order chi connectivity index (χ1) is 9.11. The van der Waals surface area contributed by atoms with Crippen LogP contribution in [0.2, 0.25) is 5.02 Å². The van der Waals surface area contributed by atoms with Crippen molar-refractivity contribution in [1.82, 2.24) is 0 Å². The number of nitrogens with zero attached hydrogens (tertiary/aromatic N) is 1. The van der Waals surface area contributed by atoms with Gasteiger partial charge in [-0.05, 0) is 49.3 Å². The van der Waals surface area contributed by atoms with Gasteiger partial charge in [0.05, 0.1) is 5.02 Å². The molecule has 2 rings (SSSR count). The largest absolute Gasteiger partial charge is 0.371 e. The molecule has 1 aromatic rings. The molecule has 1 aromatic carbocycles. The van der Waals surface area contributed by atoms with Crippen LogP contribution in [0.5, 0.6) is 0 Å². The van der Waals surface area contributed by atoms with E-state index in [1.807, 2.05) is 18.2 Å². The van der Waals surface area contributed by atoms with Crippen molar-refractivity contribution in [3.63, 3.8) is 0 Å². The SMILES string of the molecule is CC(C)C1CCCN(c2ccc(C=O)c(Cl)c2)CC1. The van der Waals surface area contributed by atoms with Crippen molar-refractivity contribution in [3.8, 4) is 0 Å². The molecule has 1 fully saturated rings. The van der Waals surface area contributed by atoms with E-state index in [1.165, 1.54) is 19.3 Å². The summed E-state index contributed by atoms with van der Waals surface area (Å²) in [6.45, 7) is 6.80. The molecule has 0 aromatic heterocycles. The maximum Gasteiger partial charge on any atom is 0.151 e. The molecule has 1 heterocycles. The van der Waals surface area contributed by atoms with Crippen LogP contribution in [0.15, 0.2) is 18.2 Å². The lowest BCUT2D eigenvalue weighted by Crippen LogP contribution is -2.24. The maximum absolute atomic E-state index is 10.8. The lowest BCUT2D eigenvalue weighted by atomic mass is 9.89. The Morgan fingerprint density at radius 2 is 2.11 bits per heavy atom. The third-order valence-corrected chi connectivity index (χ3v) is 4.52. The molecule has 1 atom stereocenters. The monoisotopic (exact) mass is 279 g/mol. The number of rotatable bonds is 3. The van der Waals surface area contributed by atoms with E-state index in [9.17, 15) is 4.79 Å². The third kappa shape index (κ3) is 3.50. The zero-order valence-corrected chi connectivity index (χ0v) is 12.5. The van der Waals surface area contributed by atoms with Gasteiger partial charge >= 0.3 is 0 Å². The average molecular weight is 280 g/mol. The van der Waals surface area contributed by atoms with Gasteiger partial charge in [0.2, 0.25) is 0 Å². The summed E-state index contributed by atoms with van der Waals surface area (Å²) in [5.74, 6) is 1.59.